The molecule has 13 heteroatoms. The number of allylic oxidation sites excluding steroid dienone is 2. The Morgan fingerprint density at radius 3 is 2.57 bits per heavy atom. The second-order valence-corrected chi connectivity index (χ2v) is 10.6. The van der Waals surface area contributed by atoms with Gasteiger partial charge in [-0.2, -0.15) is 13.2 Å². The number of benzene rings is 2. The summed E-state index contributed by atoms with van der Waals surface area (Å²) in [5, 5.41) is 50.9. The van der Waals surface area contributed by atoms with Gasteiger partial charge in [0, 0.05) is 25.3 Å². The highest BCUT2D eigenvalue weighted by Gasteiger charge is 2.39. The summed E-state index contributed by atoms with van der Waals surface area (Å²) in [6, 6.07) is 11.5. The van der Waals surface area contributed by atoms with E-state index in [1.54, 1.807) is 24.3 Å². The molecule has 1 fully saturated rings. The number of nitrogens with one attached hydrogen (secondary N) is 1. The average molecular weight is 625 g/mol. The lowest BCUT2D eigenvalue weighted by Crippen LogP contribution is -2.22. The molecule has 0 unspecified atom stereocenters. The van der Waals surface area contributed by atoms with Gasteiger partial charge < -0.3 is 25.4 Å². The summed E-state index contributed by atoms with van der Waals surface area (Å²) in [5.41, 5.74) is 0.679. The molecule has 242 valence electrons. The number of hydrogen-bond donors (Lipinski definition) is 6. The van der Waals surface area contributed by atoms with Gasteiger partial charge in [-0.3, -0.25) is 15.2 Å². The van der Waals surface area contributed by atoms with Gasteiger partial charge in [0.1, 0.15) is 18.5 Å². The molecular weight excluding hydrogens is 585 g/mol. The molecule has 1 aliphatic carbocycles. The van der Waals surface area contributed by atoms with Crippen LogP contribution in [0.5, 0.6) is 5.75 Å². The third-order valence-electron chi connectivity index (χ3n) is 7.23. The van der Waals surface area contributed by atoms with Gasteiger partial charge in [-0.25, -0.2) is 4.84 Å². The summed E-state index contributed by atoms with van der Waals surface area (Å²) < 4.78 is 43.9. The lowest BCUT2D eigenvalue weighted by Gasteiger charge is -2.19. The zero-order chi connectivity index (χ0) is 32.1. The van der Waals surface area contributed by atoms with E-state index in [0.717, 1.165) is 17.7 Å². The van der Waals surface area contributed by atoms with Crippen LogP contribution in [0.1, 0.15) is 48.8 Å². The minimum Gasteiger partial charge on any atom is -0.491 e. The van der Waals surface area contributed by atoms with E-state index in [1.165, 1.54) is 18.2 Å². The van der Waals surface area contributed by atoms with Gasteiger partial charge in [0.25, 0.3) is 0 Å². The van der Waals surface area contributed by atoms with E-state index >= 15 is 0 Å². The predicted octanol–water partition coefficient (Wildman–Crippen LogP) is 4.30. The fourth-order valence-electron chi connectivity index (χ4n) is 4.96. The smallest absolute Gasteiger partial charge is 0.416 e. The highest BCUT2D eigenvalue weighted by molar-refractivity contribution is 5.75. The van der Waals surface area contributed by atoms with Crippen molar-refractivity contribution in [1.82, 2.24) is 10.7 Å². The molecule has 0 spiro atoms. The normalized spacial score (nSPS) is 21.4. The van der Waals surface area contributed by atoms with Gasteiger partial charge in [-0.15, -0.1) is 0 Å². The van der Waals surface area contributed by atoms with E-state index in [2.05, 4.69) is 10.2 Å². The molecule has 10 nitrogen and oxygen atoms in total. The lowest BCUT2D eigenvalue weighted by atomic mass is 9.89. The molecule has 3 rings (SSSR count). The molecule has 0 radical (unpaired) electrons. The van der Waals surface area contributed by atoms with Crippen LogP contribution in [-0.2, 0) is 29.0 Å². The van der Waals surface area contributed by atoms with Crippen molar-refractivity contribution in [1.29, 1.82) is 0 Å². The first-order chi connectivity index (χ1) is 20.9. The maximum Gasteiger partial charge on any atom is 0.416 e. The second-order valence-electron chi connectivity index (χ2n) is 10.6. The SMILES string of the molecule is O=C(CCC/C=C\C[C@@H]1[C@@H](/C=C/[C@@H](O)COc2cccc(C(F)(F)F)c2)[C@H](O)C[C@@H]1O)NCc1cccc(CON(O)O)c1. The molecule has 1 saturated carbocycles. The summed E-state index contributed by atoms with van der Waals surface area (Å²) in [4.78, 5) is 16.8. The molecule has 5 atom stereocenters. The van der Waals surface area contributed by atoms with Gasteiger partial charge in [-0.05, 0) is 54.5 Å². The van der Waals surface area contributed by atoms with Crippen LogP contribution >= 0.6 is 0 Å². The Morgan fingerprint density at radius 2 is 1.82 bits per heavy atom. The summed E-state index contributed by atoms with van der Waals surface area (Å²) in [6.07, 6.45) is 1.85. The highest BCUT2D eigenvalue weighted by Crippen LogP contribution is 2.36. The second kappa shape index (κ2) is 17.3. The van der Waals surface area contributed by atoms with Crippen molar-refractivity contribution >= 4 is 5.91 Å². The molecule has 2 aromatic carbocycles. The molecule has 1 aliphatic rings. The number of rotatable bonds is 16. The number of unbranched alkanes of at least 4 members (excludes halogenated alkanes) is 1. The number of ether oxygens (including phenoxy) is 1. The number of nitrogens with zero attached hydrogens (tertiary/aromatic N) is 1. The van der Waals surface area contributed by atoms with Crippen LogP contribution in [0.2, 0.25) is 0 Å². The van der Waals surface area contributed by atoms with Crippen molar-refractivity contribution in [2.24, 2.45) is 11.8 Å². The van der Waals surface area contributed by atoms with Crippen molar-refractivity contribution in [2.45, 2.75) is 69.7 Å². The van der Waals surface area contributed by atoms with Crippen molar-refractivity contribution in [2.75, 3.05) is 6.61 Å². The first-order valence-corrected chi connectivity index (χ1v) is 14.2. The summed E-state index contributed by atoms with van der Waals surface area (Å²) in [7, 11) is 0. The number of aliphatic hydroxyl groups excluding tert-OH is 3. The predicted molar refractivity (Wildman–Crippen MR) is 152 cm³/mol. The van der Waals surface area contributed by atoms with Gasteiger partial charge in [-0.1, -0.05) is 54.6 Å². The maximum absolute atomic E-state index is 12.9. The van der Waals surface area contributed by atoms with E-state index in [-0.39, 0.29) is 42.6 Å². The number of halogens is 3. The minimum absolute atomic E-state index is 0.0272. The van der Waals surface area contributed by atoms with Gasteiger partial charge in [0.2, 0.25) is 5.91 Å². The molecule has 0 aromatic heterocycles. The quantitative estimate of drug-likeness (QED) is 0.0912. The van der Waals surface area contributed by atoms with E-state index in [4.69, 9.17) is 15.2 Å². The summed E-state index contributed by atoms with van der Waals surface area (Å²) >= 11 is 0. The molecule has 1 amide bonds. The first-order valence-electron chi connectivity index (χ1n) is 14.2. The Kier molecular flexibility index (Phi) is 13.8. The van der Waals surface area contributed by atoms with Crippen LogP contribution < -0.4 is 10.1 Å². The van der Waals surface area contributed by atoms with E-state index in [0.29, 0.717) is 37.8 Å². The van der Waals surface area contributed by atoms with Crippen molar-refractivity contribution in [3.8, 4) is 5.75 Å². The standard InChI is InChI=1S/C31H39F3N2O8/c32-31(33,34)23-9-6-10-25(16-23)43-20-24(37)13-14-27-26(28(38)17-29(27)39)11-3-1-2-4-12-30(40)35-18-21-7-5-8-22(15-21)19-44-36(41)42/h1,3,5-10,13-16,24,26-29,37-39,41-42H,2,4,11-12,17-20H2,(H,35,40)/b3-1-,14-13+/t24-,26-,27-,28+,29-/m1/s1. The Bertz CT molecular complexity index is 1240. The third-order valence-corrected chi connectivity index (χ3v) is 7.23. The number of carbonyl (C=O) groups excluding carboxylic acids is 1. The number of hydrogen-bond acceptors (Lipinski definition) is 9. The van der Waals surface area contributed by atoms with Crippen molar-refractivity contribution < 1.29 is 53.3 Å². The zero-order valence-electron chi connectivity index (χ0n) is 24.0. The number of amides is 1. The molecule has 2 aromatic rings. The molecule has 44 heavy (non-hydrogen) atoms. The molecule has 0 aliphatic heterocycles. The Balaban J connectivity index is 1.38. The van der Waals surface area contributed by atoms with Gasteiger partial charge in [0.15, 0.2) is 0 Å². The topological polar surface area (TPSA) is 152 Å². The molecule has 6 N–H and O–H groups in total. The van der Waals surface area contributed by atoms with Crippen LogP contribution in [-0.4, -0.2) is 61.9 Å². The van der Waals surface area contributed by atoms with E-state index in [9.17, 15) is 33.3 Å². The third kappa shape index (κ3) is 12.0. The van der Waals surface area contributed by atoms with Crippen LogP contribution in [0.4, 0.5) is 13.2 Å². The zero-order valence-corrected chi connectivity index (χ0v) is 24.0. The minimum atomic E-state index is -4.51. The van der Waals surface area contributed by atoms with Crippen LogP contribution in [0.25, 0.3) is 0 Å². The Hall–Kier alpha value is -3.30. The number of alkyl halides is 3. The van der Waals surface area contributed by atoms with Gasteiger partial charge in [0.05, 0.1) is 29.8 Å². The van der Waals surface area contributed by atoms with Crippen molar-refractivity contribution in [3.63, 3.8) is 0 Å². The molecular formula is C31H39F3N2O8. The van der Waals surface area contributed by atoms with Gasteiger partial charge >= 0.3 is 6.18 Å². The number of aliphatic hydroxyl groups is 3. The summed E-state index contributed by atoms with van der Waals surface area (Å²) in [5.74, 6) is -0.871. The van der Waals surface area contributed by atoms with E-state index in [1.807, 2.05) is 18.2 Å². The molecule has 0 bridgehead atoms. The Morgan fingerprint density at radius 1 is 1.07 bits per heavy atom. The van der Waals surface area contributed by atoms with Crippen LogP contribution in [0.15, 0.2) is 72.8 Å². The van der Waals surface area contributed by atoms with Crippen LogP contribution in [0.3, 0.4) is 0 Å². The van der Waals surface area contributed by atoms with Crippen molar-refractivity contribution in [3.05, 3.63) is 89.5 Å². The Labute approximate surface area is 253 Å². The fourth-order valence-corrected chi connectivity index (χ4v) is 4.96. The summed E-state index contributed by atoms with van der Waals surface area (Å²) in [6.45, 7) is -0.0115. The average Bonchev–Trinajstić information content (AvgIpc) is 3.25. The fraction of sp³-hybridized carbons (Fsp3) is 0.452. The monoisotopic (exact) mass is 624 g/mol. The highest BCUT2D eigenvalue weighted by atomic mass is 19.4. The molecule has 0 saturated heterocycles. The van der Waals surface area contributed by atoms with Crippen LogP contribution in [0, 0.1) is 11.8 Å². The first kappa shape index (κ1) is 35.2. The largest absolute Gasteiger partial charge is 0.491 e. The number of carbonyl (C=O) groups is 1. The lowest BCUT2D eigenvalue weighted by molar-refractivity contribution is -0.497. The maximum atomic E-state index is 12.9. The van der Waals surface area contributed by atoms with E-state index < -0.39 is 36.0 Å². The molecule has 0 heterocycles.